The molecule has 1 heterocycles. The summed E-state index contributed by atoms with van der Waals surface area (Å²) in [5, 5.41) is 20.0. The van der Waals surface area contributed by atoms with Crippen LogP contribution in [0.2, 0.25) is 0 Å². The summed E-state index contributed by atoms with van der Waals surface area (Å²) in [5.74, 6) is -0.882. The van der Waals surface area contributed by atoms with Gasteiger partial charge in [-0.25, -0.2) is 4.68 Å². The monoisotopic (exact) mass is 276 g/mol. The molecular formula is C9H16N4O4S. The molecule has 0 aliphatic carbocycles. The van der Waals surface area contributed by atoms with E-state index < -0.39 is 17.5 Å². The molecule has 1 aromatic heterocycles. The molecule has 0 spiro atoms. The van der Waals surface area contributed by atoms with Gasteiger partial charge in [0.05, 0.1) is 6.54 Å². The Morgan fingerprint density at radius 3 is 2.67 bits per heavy atom. The average molecular weight is 276 g/mol. The third-order valence-corrected chi connectivity index (χ3v) is 3.56. The maximum Gasteiger partial charge on any atom is 0.317 e. The van der Waals surface area contributed by atoms with Gasteiger partial charge >= 0.3 is 5.97 Å². The normalized spacial score (nSPS) is 12.9. The van der Waals surface area contributed by atoms with Crippen molar-refractivity contribution in [3.63, 3.8) is 0 Å². The first-order valence-corrected chi connectivity index (χ1v) is 6.21. The largest absolute Gasteiger partial charge is 0.480 e. The third kappa shape index (κ3) is 3.93. The maximum atomic E-state index is 11.0. The molecule has 0 aromatic carbocycles. The van der Waals surface area contributed by atoms with E-state index in [1.54, 1.807) is 6.92 Å². The van der Waals surface area contributed by atoms with Crippen molar-refractivity contribution in [1.29, 1.82) is 0 Å². The summed E-state index contributed by atoms with van der Waals surface area (Å²) in [6, 6.07) is 0. The highest BCUT2D eigenvalue weighted by Crippen LogP contribution is 2.23. The zero-order valence-electron chi connectivity index (χ0n) is 10.4. The van der Waals surface area contributed by atoms with Gasteiger partial charge in [0.1, 0.15) is 5.25 Å². The Bertz CT molecular complexity index is 382. The molecule has 1 atom stereocenters. The molecule has 1 rings (SSSR count). The van der Waals surface area contributed by atoms with E-state index in [9.17, 15) is 4.79 Å². The molecule has 1 unspecified atom stereocenters. The summed E-state index contributed by atoms with van der Waals surface area (Å²) in [5.41, 5.74) is 0. The summed E-state index contributed by atoms with van der Waals surface area (Å²) in [7, 11) is 3.02. The van der Waals surface area contributed by atoms with Gasteiger partial charge in [-0.05, 0) is 16.8 Å². The van der Waals surface area contributed by atoms with Crippen LogP contribution >= 0.6 is 11.8 Å². The quantitative estimate of drug-likeness (QED) is 0.532. The lowest BCUT2D eigenvalue weighted by molar-refractivity contribution is -0.136. The van der Waals surface area contributed by atoms with Crippen molar-refractivity contribution < 1.29 is 19.4 Å². The van der Waals surface area contributed by atoms with E-state index in [1.807, 2.05) is 0 Å². The van der Waals surface area contributed by atoms with E-state index in [0.717, 1.165) is 11.8 Å². The number of tetrazole rings is 1. The maximum absolute atomic E-state index is 11.0. The lowest BCUT2D eigenvalue weighted by atomic mass is 10.3. The highest BCUT2D eigenvalue weighted by Gasteiger charge is 2.21. The zero-order valence-corrected chi connectivity index (χ0v) is 11.3. The number of carboxylic acids is 1. The van der Waals surface area contributed by atoms with Crippen molar-refractivity contribution in [2.24, 2.45) is 0 Å². The fraction of sp³-hybridized carbons (Fsp3) is 0.778. The van der Waals surface area contributed by atoms with Crippen LogP contribution in [0.25, 0.3) is 0 Å². The number of rotatable bonds is 8. The van der Waals surface area contributed by atoms with Crippen LogP contribution in [-0.4, -0.2) is 57.0 Å². The van der Waals surface area contributed by atoms with E-state index in [2.05, 4.69) is 15.5 Å². The molecule has 0 aliphatic heterocycles. The van der Waals surface area contributed by atoms with Crippen molar-refractivity contribution >= 4 is 17.7 Å². The van der Waals surface area contributed by atoms with Gasteiger partial charge in [-0.2, -0.15) is 0 Å². The van der Waals surface area contributed by atoms with Crippen LogP contribution in [-0.2, 0) is 20.8 Å². The molecule has 1 aromatic rings. The summed E-state index contributed by atoms with van der Waals surface area (Å²) in [6.45, 7) is 2.10. The van der Waals surface area contributed by atoms with Crippen LogP contribution in [0.3, 0.4) is 0 Å². The van der Waals surface area contributed by atoms with Crippen molar-refractivity contribution in [2.75, 3.05) is 14.2 Å². The number of aromatic nitrogens is 4. The van der Waals surface area contributed by atoms with Crippen molar-refractivity contribution in [3.8, 4) is 0 Å². The van der Waals surface area contributed by atoms with Crippen molar-refractivity contribution in [2.45, 2.75) is 36.6 Å². The smallest absolute Gasteiger partial charge is 0.317 e. The Balaban J connectivity index is 2.72. The van der Waals surface area contributed by atoms with E-state index in [-0.39, 0.29) is 0 Å². The number of hydrogen-bond donors (Lipinski definition) is 1. The second-order valence-electron chi connectivity index (χ2n) is 3.40. The lowest BCUT2D eigenvalue weighted by Gasteiger charge is -2.14. The molecule has 0 amide bonds. The molecule has 1 N–H and O–H groups in total. The Kier molecular flexibility index (Phi) is 6.02. The van der Waals surface area contributed by atoms with Crippen LogP contribution in [0, 0.1) is 0 Å². The number of aliphatic carboxylic acids is 1. The number of carbonyl (C=O) groups is 1. The standard InChI is InChI=1S/C9H16N4O4S/c1-4-6(8(14)15)18-9-10-11-12-13(9)5-7(16-2)17-3/h6-7H,4-5H2,1-3H3,(H,14,15). The van der Waals surface area contributed by atoms with E-state index in [0.29, 0.717) is 18.1 Å². The number of nitrogens with zero attached hydrogens (tertiary/aromatic N) is 4. The SMILES string of the molecule is CCC(Sc1nnnn1CC(OC)OC)C(=O)O. The van der Waals surface area contributed by atoms with Gasteiger partial charge in [-0.15, -0.1) is 5.10 Å². The Labute approximate surface area is 109 Å². The minimum absolute atomic E-state index is 0.304. The Morgan fingerprint density at radius 2 is 2.17 bits per heavy atom. The van der Waals surface area contributed by atoms with Crippen LogP contribution in [0.4, 0.5) is 0 Å². The minimum Gasteiger partial charge on any atom is -0.480 e. The average Bonchev–Trinajstić information content (AvgIpc) is 2.79. The molecule has 18 heavy (non-hydrogen) atoms. The van der Waals surface area contributed by atoms with Crippen LogP contribution in [0.5, 0.6) is 0 Å². The second-order valence-corrected chi connectivity index (χ2v) is 4.57. The molecule has 0 radical (unpaired) electrons. The number of thioether (sulfide) groups is 1. The predicted molar refractivity (Wildman–Crippen MR) is 63.2 cm³/mol. The number of methoxy groups -OCH3 is 2. The highest BCUT2D eigenvalue weighted by molar-refractivity contribution is 8.00. The van der Waals surface area contributed by atoms with Crippen LogP contribution in [0.1, 0.15) is 13.3 Å². The number of hydrogen-bond acceptors (Lipinski definition) is 7. The summed E-state index contributed by atoms with van der Waals surface area (Å²) >= 11 is 1.11. The lowest BCUT2D eigenvalue weighted by Crippen LogP contribution is -2.23. The summed E-state index contributed by atoms with van der Waals surface area (Å²) in [6.07, 6.45) is 0.0166. The Hall–Kier alpha value is -1.19. The van der Waals surface area contributed by atoms with Crippen molar-refractivity contribution in [3.05, 3.63) is 0 Å². The number of carboxylic acid groups (broad SMARTS) is 1. The molecule has 0 bridgehead atoms. The van der Waals surface area contributed by atoms with E-state index in [1.165, 1.54) is 18.9 Å². The van der Waals surface area contributed by atoms with Crippen LogP contribution in [0.15, 0.2) is 5.16 Å². The van der Waals surface area contributed by atoms with E-state index in [4.69, 9.17) is 14.6 Å². The van der Waals surface area contributed by atoms with Gasteiger partial charge in [0.25, 0.3) is 0 Å². The summed E-state index contributed by atoms with van der Waals surface area (Å²) < 4.78 is 11.6. The predicted octanol–water partition coefficient (Wildman–Crippen LogP) is 0.247. The number of ether oxygens (including phenoxy) is 2. The molecule has 102 valence electrons. The van der Waals surface area contributed by atoms with Gasteiger partial charge in [-0.3, -0.25) is 4.79 Å². The van der Waals surface area contributed by atoms with Crippen molar-refractivity contribution in [1.82, 2.24) is 20.2 Å². The first-order chi connectivity index (χ1) is 8.62. The molecule has 8 nitrogen and oxygen atoms in total. The van der Waals surface area contributed by atoms with Gasteiger partial charge in [0.2, 0.25) is 5.16 Å². The third-order valence-electron chi connectivity index (χ3n) is 2.24. The molecule has 0 aliphatic rings. The first-order valence-electron chi connectivity index (χ1n) is 5.33. The molecule has 9 heteroatoms. The zero-order chi connectivity index (χ0) is 13.5. The Morgan fingerprint density at radius 1 is 1.50 bits per heavy atom. The molecular weight excluding hydrogens is 260 g/mol. The fourth-order valence-electron chi connectivity index (χ4n) is 1.22. The van der Waals surface area contributed by atoms with Crippen LogP contribution < -0.4 is 0 Å². The first kappa shape index (κ1) is 14.9. The second kappa shape index (κ2) is 7.29. The van der Waals surface area contributed by atoms with Gasteiger partial charge in [0, 0.05) is 14.2 Å². The summed E-state index contributed by atoms with van der Waals surface area (Å²) in [4.78, 5) is 11.0. The molecule has 0 saturated heterocycles. The van der Waals surface area contributed by atoms with E-state index >= 15 is 0 Å². The van der Waals surface area contributed by atoms with Gasteiger partial charge in [0.15, 0.2) is 6.29 Å². The minimum atomic E-state index is -0.882. The fourth-order valence-corrected chi connectivity index (χ4v) is 2.06. The van der Waals surface area contributed by atoms with Gasteiger partial charge in [-0.1, -0.05) is 18.7 Å². The topological polar surface area (TPSA) is 99.4 Å². The van der Waals surface area contributed by atoms with Gasteiger partial charge < -0.3 is 14.6 Å². The molecule has 0 saturated carbocycles. The molecule has 0 fully saturated rings. The highest BCUT2D eigenvalue weighted by atomic mass is 32.2.